The first kappa shape index (κ1) is 11.5. The molecule has 1 aromatic carbocycles. The van der Waals surface area contributed by atoms with Crippen molar-refractivity contribution in [3.05, 3.63) is 28.5 Å². The predicted octanol–water partition coefficient (Wildman–Crippen LogP) is 2.74. The lowest BCUT2D eigenvalue weighted by Gasteiger charge is -2.17. The van der Waals surface area contributed by atoms with Gasteiger partial charge in [0.15, 0.2) is 0 Å². The highest BCUT2D eigenvalue weighted by molar-refractivity contribution is 9.10. The summed E-state index contributed by atoms with van der Waals surface area (Å²) in [4.78, 5) is 0. The average molecular weight is 263 g/mol. The quantitative estimate of drug-likeness (QED) is 0.908. The van der Waals surface area contributed by atoms with E-state index in [1.807, 2.05) is 0 Å². The molecule has 1 rings (SSSR count). The molecule has 0 saturated heterocycles. The molecule has 0 spiro atoms. The zero-order valence-corrected chi connectivity index (χ0v) is 9.58. The second-order valence-corrected chi connectivity index (χ2v) is 3.99. The van der Waals surface area contributed by atoms with Crippen molar-refractivity contribution in [3.63, 3.8) is 0 Å². The van der Waals surface area contributed by atoms with Crippen LogP contribution in [-0.2, 0) is 0 Å². The van der Waals surface area contributed by atoms with Crippen molar-refractivity contribution in [1.82, 2.24) is 0 Å². The van der Waals surface area contributed by atoms with Gasteiger partial charge in [0.05, 0.1) is 10.6 Å². The molecule has 0 aliphatic heterocycles. The van der Waals surface area contributed by atoms with Crippen molar-refractivity contribution in [2.75, 3.05) is 0 Å². The van der Waals surface area contributed by atoms with Crippen LogP contribution in [0.3, 0.4) is 0 Å². The van der Waals surface area contributed by atoms with Gasteiger partial charge in [0.25, 0.3) is 0 Å². The van der Waals surface area contributed by atoms with E-state index < -0.39 is 6.10 Å². The Morgan fingerprint density at radius 3 is 2.57 bits per heavy atom. The van der Waals surface area contributed by atoms with E-state index in [4.69, 9.17) is 4.74 Å². The molecule has 14 heavy (non-hydrogen) atoms. The summed E-state index contributed by atoms with van der Waals surface area (Å²) in [5, 5.41) is 9.20. The molecule has 1 aromatic rings. The molecule has 2 atom stereocenters. The normalized spacial score (nSPS) is 14.9. The first-order chi connectivity index (χ1) is 6.50. The predicted molar refractivity (Wildman–Crippen MR) is 55.9 cm³/mol. The molecule has 0 aliphatic rings. The molecule has 2 nitrogen and oxygen atoms in total. The third-order valence-electron chi connectivity index (χ3n) is 1.89. The van der Waals surface area contributed by atoms with E-state index in [9.17, 15) is 9.50 Å². The summed E-state index contributed by atoms with van der Waals surface area (Å²) in [6, 6.07) is 4.38. The minimum Gasteiger partial charge on any atom is -0.488 e. The molecule has 0 aliphatic carbocycles. The fraction of sp³-hybridized carbons (Fsp3) is 0.400. The van der Waals surface area contributed by atoms with Crippen LogP contribution in [0.4, 0.5) is 4.39 Å². The van der Waals surface area contributed by atoms with Gasteiger partial charge < -0.3 is 9.84 Å². The standard InChI is InChI=1S/C10H12BrFO2/c1-6(13)7(2)14-8-3-4-10(12)9(11)5-8/h3-7,13H,1-2H3. The van der Waals surface area contributed by atoms with Gasteiger partial charge in [-0.1, -0.05) is 0 Å². The first-order valence-electron chi connectivity index (χ1n) is 4.30. The van der Waals surface area contributed by atoms with Crippen LogP contribution in [0.2, 0.25) is 0 Å². The van der Waals surface area contributed by atoms with Gasteiger partial charge in [0.1, 0.15) is 17.7 Å². The maximum Gasteiger partial charge on any atom is 0.137 e. The third kappa shape index (κ3) is 2.96. The lowest BCUT2D eigenvalue weighted by Crippen LogP contribution is -2.25. The number of ether oxygens (including phenoxy) is 1. The van der Waals surface area contributed by atoms with Crippen molar-refractivity contribution >= 4 is 15.9 Å². The minimum atomic E-state index is -0.557. The van der Waals surface area contributed by atoms with Crippen LogP contribution in [0.1, 0.15) is 13.8 Å². The van der Waals surface area contributed by atoms with Crippen LogP contribution in [-0.4, -0.2) is 17.3 Å². The Labute approximate surface area is 90.8 Å². The molecule has 0 fully saturated rings. The second kappa shape index (κ2) is 4.75. The first-order valence-corrected chi connectivity index (χ1v) is 5.10. The molecule has 78 valence electrons. The number of halogens is 2. The molecule has 1 N–H and O–H groups in total. The van der Waals surface area contributed by atoms with Gasteiger partial charge in [-0.25, -0.2) is 4.39 Å². The largest absolute Gasteiger partial charge is 0.488 e. The lowest BCUT2D eigenvalue weighted by molar-refractivity contribution is 0.0603. The van der Waals surface area contributed by atoms with Gasteiger partial charge in [0, 0.05) is 0 Å². The van der Waals surface area contributed by atoms with Crippen molar-refractivity contribution in [1.29, 1.82) is 0 Å². The van der Waals surface area contributed by atoms with Crippen molar-refractivity contribution in [2.24, 2.45) is 0 Å². The van der Waals surface area contributed by atoms with E-state index in [1.54, 1.807) is 13.8 Å². The summed E-state index contributed by atoms with van der Waals surface area (Å²) in [5.74, 6) is 0.203. The summed E-state index contributed by atoms with van der Waals surface area (Å²) in [6.07, 6.45) is -0.869. The highest BCUT2D eigenvalue weighted by atomic mass is 79.9. The molecule has 0 amide bonds. The van der Waals surface area contributed by atoms with E-state index in [1.165, 1.54) is 18.2 Å². The number of hydrogen-bond donors (Lipinski definition) is 1. The second-order valence-electron chi connectivity index (χ2n) is 3.14. The molecule has 4 heteroatoms. The smallest absolute Gasteiger partial charge is 0.137 e. The molecule has 0 saturated carbocycles. The van der Waals surface area contributed by atoms with Crippen LogP contribution in [0.25, 0.3) is 0 Å². The van der Waals surface area contributed by atoms with Gasteiger partial charge in [-0.3, -0.25) is 0 Å². The molecule has 0 bridgehead atoms. The maximum absolute atomic E-state index is 12.8. The van der Waals surface area contributed by atoms with E-state index >= 15 is 0 Å². The summed E-state index contributed by atoms with van der Waals surface area (Å²) < 4.78 is 18.6. The highest BCUT2D eigenvalue weighted by Crippen LogP contribution is 2.22. The van der Waals surface area contributed by atoms with E-state index in [0.717, 1.165) is 0 Å². The monoisotopic (exact) mass is 262 g/mol. The Balaban J connectivity index is 2.73. The molecule has 2 unspecified atom stereocenters. The Kier molecular flexibility index (Phi) is 3.89. The summed E-state index contributed by atoms with van der Waals surface area (Å²) in [6.45, 7) is 3.39. The fourth-order valence-corrected chi connectivity index (χ4v) is 1.22. The van der Waals surface area contributed by atoms with Gasteiger partial charge in [-0.05, 0) is 48.0 Å². The lowest BCUT2D eigenvalue weighted by atomic mass is 10.2. The SMILES string of the molecule is CC(O)C(C)Oc1ccc(F)c(Br)c1. The molecule has 0 radical (unpaired) electrons. The Morgan fingerprint density at radius 2 is 2.07 bits per heavy atom. The van der Waals surface area contributed by atoms with Crippen molar-refractivity contribution in [2.45, 2.75) is 26.1 Å². The molecule has 0 aromatic heterocycles. The molecular weight excluding hydrogens is 251 g/mol. The van der Waals surface area contributed by atoms with Crippen molar-refractivity contribution < 1.29 is 14.2 Å². The number of benzene rings is 1. The minimum absolute atomic E-state index is 0.313. The number of rotatable bonds is 3. The Bertz CT molecular complexity index is 315. The van der Waals surface area contributed by atoms with Crippen LogP contribution >= 0.6 is 15.9 Å². The zero-order chi connectivity index (χ0) is 10.7. The zero-order valence-electron chi connectivity index (χ0n) is 8.00. The topological polar surface area (TPSA) is 29.5 Å². The Hall–Kier alpha value is -0.610. The number of hydrogen-bond acceptors (Lipinski definition) is 2. The maximum atomic E-state index is 12.8. The molecule has 0 heterocycles. The van der Waals surface area contributed by atoms with Gasteiger partial charge in [-0.2, -0.15) is 0 Å². The van der Waals surface area contributed by atoms with Gasteiger partial charge in [0.2, 0.25) is 0 Å². The Morgan fingerprint density at radius 1 is 1.43 bits per heavy atom. The third-order valence-corrected chi connectivity index (χ3v) is 2.50. The number of aliphatic hydroxyl groups excluding tert-OH is 1. The summed E-state index contributed by atoms with van der Waals surface area (Å²) in [5.41, 5.74) is 0. The van der Waals surface area contributed by atoms with E-state index in [-0.39, 0.29) is 11.9 Å². The summed E-state index contributed by atoms with van der Waals surface area (Å²) >= 11 is 3.06. The number of aliphatic hydroxyl groups is 1. The van der Waals surface area contributed by atoms with Gasteiger partial charge in [-0.15, -0.1) is 0 Å². The van der Waals surface area contributed by atoms with E-state index in [0.29, 0.717) is 10.2 Å². The van der Waals surface area contributed by atoms with Crippen LogP contribution < -0.4 is 4.74 Å². The van der Waals surface area contributed by atoms with Gasteiger partial charge >= 0.3 is 0 Å². The summed E-state index contributed by atoms with van der Waals surface area (Å²) in [7, 11) is 0. The van der Waals surface area contributed by atoms with E-state index in [2.05, 4.69) is 15.9 Å². The molecular formula is C10H12BrFO2. The van der Waals surface area contributed by atoms with Crippen LogP contribution in [0, 0.1) is 5.82 Å². The van der Waals surface area contributed by atoms with Crippen LogP contribution in [0.5, 0.6) is 5.75 Å². The average Bonchev–Trinajstić information content (AvgIpc) is 2.11. The van der Waals surface area contributed by atoms with Crippen molar-refractivity contribution in [3.8, 4) is 5.75 Å². The van der Waals surface area contributed by atoms with Crippen LogP contribution in [0.15, 0.2) is 22.7 Å². The highest BCUT2D eigenvalue weighted by Gasteiger charge is 2.10. The fourth-order valence-electron chi connectivity index (χ4n) is 0.863.